The molecular weight excluding hydrogens is 516 g/mol. The molecule has 3 heterocycles. The number of piperidine rings is 1. The first-order valence-electron chi connectivity index (χ1n) is 13.6. The van der Waals surface area contributed by atoms with Crippen molar-refractivity contribution in [3.05, 3.63) is 42.0 Å². The Bertz CT molecular complexity index is 1150. The van der Waals surface area contributed by atoms with Crippen LogP contribution < -0.4 is 4.74 Å². The number of alkyl halides is 3. The monoisotopic (exact) mass is 550 g/mol. The van der Waals surface area contributed by atoms with Gasteiger partial charge in [-0.2, -0.15) is 13.2 Å². The largest absolute Gasteiger partial charge is 0.463 e. The van der Waals surface area contributed by atoms with Crippen LogP contribution >= 0.6 is 0 Å². The topological polar surface area (TPSA) is 78.8 Å². The Hall–Kier alpha value is -2.79. The van der Waals surface area contributed by atoms with E-state index in [0.29, 0.717) is 38.2 Å². The number of aliphatic hydroxyl groups excluding tert-OH is 1. The number of aliphatic hydroxyl groups is 1. The van der Waals surface area contributed by atoms with Crippen molar-refractivity contribution in [3.63, 3.8) is 0 Å². The van der Waals surface area contributed by atoms with Crippen molar-refractivity contribution >= 4 is 5.91 Å². The van der Waals surface area contributed by atoms with Crippen LogP contribution in [0.15, 0.2) is 30.6 Å². The number of nitrogens with zero attached hydrogens (tertiary/aromatic N) is 4. The third-order valence-electron chi connectivity index (χ3n) is 8.60. The minimum absolute atomic E-state index is 0.0851. The van der Waals surface area contributed by atoms with Crippen LogP contribution in [0.2, 0.25) is 0 Å². The van der Waals surface area contributed by atoms with Gasteiger partial charge >= 0.3 is 12.2 Å². The van der Waals surface area contributed by atoms with Gasteiger partial charge in [-0.3, -0.25) is 4.79 Å². The van der Waals surface area contributed by atoms with Gasteiger partial charge < -0.3 is 19.6 Å². The molecule has 0 radical (unpaired) electrons. The van der Waals surface area contributed by atoms with E-state index in [9.17, 15) is 27.5 Å². The predicted molar refractivity (Wildman–Crippen MR) is 136 cm³/mol. The summed E-state index contributed by atoms with van der Waals surface area (Å²) in [5.74, 6) is -0.666. The second-order valence-electron chi connectivity index (χ2n) is 11.1. The highest BCUT2D eigenvalue weighted by Crippen LogP contribution is 2.53. The average Bonchev–Trinajstić information content (AvgIpc) is 3.38. The second kappa shape index (κ2) is 11.4. The van der Waals surface area contributed by atoms with Gasteiger partial charge in [0.2, 0.25) is 0 Å². The first-order valence-corrected chi connectivity index (χ1v) is 13.6. The molecule has 7 nitrogen and oxygen atoms in total. The molecule has 2 saturated heterocycles. The third-order valence-corrected chi connectivity index (χ3v) is 8.60. The number of halogens is 4. The van der Waals surface area contributed by atoms with Crippen molar-refractivity contribution in [2.24, 2.45) is 11.3 Å². The van der Waals surface area contributed by atoms with E-state index in [1.807, 2.05) is 4.90 Å². The lowest BCUT2D eigenvalue weighted by Crippen LogP contribution is -2.53. The molecule has 1 saturated carbocycles. The first-order chi connectivity index (χ1) is 18.7. The molecule has 212 valence electrons. The van der Waals surface area contributed by atoms with Crippen LogP contribution in [0.5, 0.6) is 6.01 Å². The number of carbonyl (C=O) groups excluding carboxylic acids is 1. The van der Waals surface area contributed by atoms with Gasteiger partial charge in [0.15, 0.2) is 0 Å². The normalized spacial score (nSPS) is 22.1. The van der Waals surface area contributed by atoms with Gasteiger partial charge in [-0.05, 0) is 69.7 Å². The van der Waals surface area contributed by atoms with Crippen LogP contribution in [0.4, 0.5) is 17.6 Å². The van der Waals surface area contributed by atoms with Crippen LogP contribution in [0.25, 0.3) is 11.1 Å². The summed E-state index contributed by atoms with van der Waals surface area (Å²) >= 11 is 0. The third kappa shape index (κ3) is 5.89. The Morgan fingerprint density at radius 1 is 1.08 bits per heavy atom. The average molecular weight is 551 g/mol. The van der Waals surface area contributed by atoms with Gasteiger partial charge in [0.25, 0.3) is 5.91 Å². The fourth-order valence-corrected chi connectivity index (χ4v) is 5.94. The number of ether oxygens (including phenoxy) is 1. The Kier molecular flexibility index (Phi) is 8.09. The summed E-state index contributed by atoms with van der Waals surface area (Å²) in [4.78, 5) is 24.7. The van der Waals surface area contributed by atoms with Crippen molar-refractivity contribution in [1.29, 1.82) is 0 Å². The van der Waals surface area contributed by atoms with Crippen LogP contribution in [-0.4, -0.2) is 82.4 Å². The van der Waals surface area contributed by atoms with E-state index < -0.39 is 17.4 Å². The minimum Gasteiger partial charge on any atom is -0.463 e. The number of hydrogen-bond acceptors (Lipinski definition) is 6. The standard InChI is InChI=1S/C28H34F4N4O3/c29-24-13-20(25(38)36-10-1-3-22(36)16-37)4-5-23(24)21-14-33-26(34-15-21)39-17-19-6-11-35(12-7-19)18-27(8-2-9-27)28(30,31)32/h4-5,13-15,19,22,37H,1-3,6-12,16-18H2. The molecule has 3 fully saturated rings. The summed E-state index contributed by atoms with van der Waals surface area (Å²) < 4.78 is 61.1. The number of benzene rings is 1. The number of hydrogen-bond donors (Lipinski definition) is 1. The quantitative estimate of drug-likeness (QED) is 0.480. The lowest BCUT2D eigenvalue weighted by atomic mass is 9.67. The van der Waals surface area contributed by atoms with Crippen molar-refractivity contribution in [1.82, 2.24) is 19.8 Å². The summed E-state index contributed by atoms with van der Waals surface area (Å²) in [5, 5.41) is 9.47. The Balaban J connectivity index is 1.12. The summed E-state index contributed by atoms with van der Waals surface area (Å²) in [6.45, 7) is 2.11. The molecule has 2 aromatic rings. The van der Waals surface area contributed by atoms with Crippen molar-refractivity contribution < 1.29 is 32.2 Å². The smallest absolute Gasteiger partial charge is 0.395 e. The Morgan fingerprint density at radius 3 is 2.38 bits per heavy atom. The van der Waals surface area contributed by atoms with E-state index in [2.05, 4.69) is 9.97 Å². The van der Waals surface area contributed by atoms with Crippen molar-refractivity contribution in [2.45, 2.75) is 57.2 Å². The number of amides is 1. The second-order valence-corrected chi connectivity index (χ2v) is 11.1. The fourth-order valence-electron chi connectivity index (χ4n) is 5.94. The predicted octanol–water partition coefficient (Wildman–Crippen LogP) is 4.70. The maximum Gasteiger partial charge on any atom is 0.395 e. The van der Waals surface area contributed by atoms with E-state index >= 15 is 0 Å². The molecule has 1 N–H and O–H groups in total. The van der Waals surface area contributed by atoms with Crippen LogP contribution in [0.3, 0.4) is 0 Å². The van der Waals surface area contributed by atoms with Crippen molar-refractivity contribution in [2.75, 3.05) is 39.4 Å². The summed E-state index contributed by atoms with van der Waals surface area (Å²) in [7, 11) is 0. The summed E-state index contributed by atoms with van der Waals surface area (Å²) in [6.07, 6.45) is 2.91. The molecule has 1 aromatic carbocycles. The highest BCUT2D eigenvalue weighted by atomic mass is 19.4. The zero-order chi connectivity index (χ0) is 27.6. The van der Waals surface area contributed by atoms with E-state index in [0.717, 1.165) is 25.7 Å². The number of carbonyl (C=O) groups is 1. The highest BCUT2D eigenvalue weighted by molar-refractivity contribution is 5.95. The van der Waals surface area contributed by atoms with E-state index in [-0.39, 0.29) is 61.0 Å². The minimum atomic E-state index is -4.14. The van der Waals surface area contributed by atoms with E-state index in [4.69, 9.17) is 4.74 Å². The molecule has 2 aliphatic heterocycles. The molecule has 1 amide bonds. The summed E-state index contributed by atoms with van der Waals surface area (Å²) in [6, 6.07) is 4.20. The molecule has 1 aromatic heterocycles. The zero-order valence-corrected chi connectivity index (χ0v) is 21.8. The van der Waals surface area contributed by atoms with Crippen LogP contribution in [-0.2, 0) is 0 Å². The van der Waals surface area contributed by atoms with Crippen LogP contribution in [0, 0.1) is 17.2 Å². The highest BCUT2D eigenvalue weighted by Gasteiger charge is 2.58. The molecule has 1 unspecified atom stereocenters. The number of rotatable bonds is 8. The molecule has 3 aliphatic rings. The van der Waals surface area contributed by atoms with Gasteiger partial charge in [0.1, 0.15) is 5.82 Å². The van der Waals surface area contributed by atoms with Gasteiger partial charge in [0.05, 0.1) is 24.7 Å². The SMILES string of the molecule is O=C(c1ccc(-c2cnc(OCC3CCN(CC4(C(F)(F)F)CCC4)CC3)nc2)c(F)c1)N1CCCC1CO. The van der Waals surface area contributed by atoms with Crippen LogP contribution in [0.1, 0.15) is 55.3 Å². The summed E-state index contributed by atoms with van der Waals surface area (Å²) in [5.41, 5.74) is -0.604. The lowest BCUT2D eigenvalue weighted by Gasteiger charge is -2.47. The maximum atomic E-state index is 14.9. The molecule has 0 spiro atoms. The zero-order valence-electron chi connectivity index (χ0n) is 21.8. The van der Waals surface area contributed by atoms with Crippen molar-refractivity contribution in [3.8, 4) is 17.1 Å². The fraction of sp³-hybridized carbons (Fsp3) is 0.607. The number of likely N-dealkylation sites (tertiary alicyclic amines) is 2. The molecule has 1 aliphatic carbocycles. The molecule has 1 atom stereocenters. The van der Waals surface area contributed by atoms with Gasteiger partial charge in [-0.15, -0.1) is 0 Å². The van der Waals surface area contributed by atoms with Gasteiger partial charge in [-0.25, -0.2) is 14.4 Å². The lowest BCUT2D eigenvalue weighted by molar-refractivity contribution is -0.256. The molecule has 39 heavy (non-hydrogen) atoms. The Labute approximate surface area is 225 Å². The maximum absolute atomic E-state index is 14.9. The van der Waals surface area contributed by atoms with Gasteiger partial charge in [-0.1, -0.05) is 12.5 Å². The molecule has 0 bridgehead atoms. The molecule has 11 heteroatoms. The van der Waals surface area contributed by atoms with Gasteiger partial charge in [0, 0.05) is 42.2 Å². The first kappa shape index (κ1) is 27.8. The van der Waals surface area contributed by atoms with E-state index in [1.165, 1.54) is 24.5 Å². The van der Waals surface area contributed by atoms with E-state index in [1.54, 1.807) is 11.0 Å². The Morgan fingerprint density at radius 2 is 1.79 bits per heavy atom. The molecular formula is C28H34F4N4O3. The number of aromatic nitrogens is 2. The molecule has 5 rings (SSSR count).